The van der Waals surface area contributed by atoms with E-state index in [1.807, 2.05) is 0 Å². The van der Waals surface area contributed by atoms with Crippen LogP contribution in [0.15, 0.2) is 24.8 Å². The second-order valence-corrected chi connectivity index (χ2v) is 6.50. The van der Waals surface area contributed by atoms with Crippen molar-refractivity contribution in [3.05, 3.63) is 47.8 Å². The van der Waals surface area contributed by atoms with E-state index in [4.69, 9.17) is 4.74 Å². The zero-order chi connectivity index (χ0) is 20.7. The average Bonchev–Trinajstić information content (AvgIpc) is 3.26. The molecule has 2 aromatic heterocycles. The van der Waals surface area contributed by atoms with Gasteiger partial charge < -0.3 is 25.4 Å². The molecule has 0 spiro atoms. The number of halogens is 3. The highest BCUT2D eigenvalue weighted by atomic mass is 19.2. The number of fused-ring (bicyclic) bond motifs is 1. The topological polar surface area (TPSA) is 126 Å². The smallest absolute Gasteiger partial charge is 0.194 e. The van der Waals surface area contributed by atoms with Crippen molar-refractivity contribution in [2.75, 3.05) is 11.9 Å². The summed E-state index contributed by atoms with van der Waals surface area (Å²) in [7, 11) is 0. The van der Waals surface area contributed by atoms with Gasteiger partial charge in [0.25, 0.3) is 0 Å². The molecule has 9 nitrogen and oxygen atoms in total. The molecule has 29 heavy (non-hydrogen) atoms. The van der Waals surface area contributed by atoms with Crippen molar-refractivity contribution >= 4 is 17.0 Å². The van der Waals surface area contributed by atoms with Crippen LogP contribution in [0.25, 0.3) is 11.2 Å². The van der Waals surface area contributed by atoms with E-state index in [0.29, 0.717) is 0 Å². The Bertz CT molecular complexity index is 1030. The zero-order valence-corrected chi connectivity index (χ0v) is 14.7. The predicted molar refractivity (Wildman–Crippen MR) is 92.0 cm³/mol. The Balaban J connectivity index is 1.60. The first-order chi connectivity index (χ1) is 13.9. The van der Waals surface area contributed by atoms with E-state index in [2.05, 4.69) is 20.3 Å². The molecular weight excluding hydrogens is 395 g/mol. The molecule has 4 N–H and O–H groups in total. The third-order valence-corrected chi connectivity index (χ3v) is 4.65. The molecule has 0 saturated carbocycles. The van der Waals surface area contributed by atoms with Gasteiger partial charge in [0.2, 0.25) is 0 Å². The molecule has 1 unspecified atom stereocenters. The number of benzene rings is 1. The number of hydrogen-bond acceptors (Lipinski definition) is 8. The molecule has 1 fully saturated rings. The standard InChI is InChI=1S/C17H16F3N5O4/c18-8-1-7(2-9(19)11(8)20)3-21-15-12-16(23-5-22-15)25(6-24-12)17-14(28)13(27)10(4-26)29-17/h1-2,5-6,10,13-14,17,26-28H,3-4H2,(H,21,22,23)/t10-,13-,14-,17?/m1/s1. The molecule has 3 heterocycles. The normalized spacial score (nSPS) is 24.3. The van der Waals surface area contributed by atoms with Gasteiger partial charge >= 0.3 is 0 Å². The second kappa shape index (κ2) is 7.55. The lowest BCUT2D eigenvalue weighted by atomic mass is 10.1. The minimum atomic E-state index is -1.55. The fourth-order valence-electron chi connectivity index (χ4n) is 3.17. The van der Waals surface area contributed by atoms with E-state index in [1.54, 1.807) is 0 Å². The Morgan fingerprint density at radius 3 is 2.45 bits per heavy atom. The third-order valence-electron chi connectivity index (χ3n) is 4.65. The lowest BCUT2D eigenvalue weighted by Gasteiger charge is -2.16. The minimum Gasteiger partial charge on any atom is -0.394 e. The quantitative estimate of drug-likeness (QED) is 0.447. The fraction of sp³-hybridized carbons (Fsp3) is 0.353. The van der Waals surface area contributed by atoms with E-state index in [1.165, 1.54) is 17.2 Å². The highest BCUT2D eigenvalue weighted by Crippen LogP contribution is 2.32. The van der Waals surface area contributed by atoms with Crippen LogP contribution >= 0.6 is 0 Å². The van der Waals surface area contributed by atoms with Gasteiger partial charge in [-0.1, -0.05) is 0 Å². The molecule has 0 amide bonds. The summed E-state index contributed by atoms with van der Waals surface area (Å²) in [5.41, 5.74) is 0.679. The predicted octanol–water partition coefficient (Wildman–Crippen LogP) is 0.467. The van der Waals surface area contributed by atoms with Crippen LogP contribution in [-0.4, -0.2) is 59.8 Å². The summed E-state index contributed by atoms with van der Waals surface area (Å²) in [6.07, 6.45) is -2.07. The van der Waals surface area contributed by atoms with Gasteiger partial charge in [0.1, 0.15) is 24.6 Å². The molecule has 12 heteroatoms. The van der Waals surface area contributed by atoms with Gasteiger partial charge in [0.05, 0.1) is 12.9 Å². The van der Waals surface area contributed by atoms with Gasteiger partial charge in [-0.05, 0) is 17.7 Å². The molecule has 0 radical (unpaired) electrons. The molecule has 4 atom stereocenters. The molecule has 1 aliphatic heterocycles. The largest absolute Gasteiger partial charge is 0.394 e. The van der Waals surface area contributed by atoms with Crippen LogP contribution in [0.4, 0.5) is 19.0 Å². The van der Waals surface area contributed by atoms with Crippen LogP contribution in [-0.2, 0) is 11.3 Å². The summed E-state index contributed by atoms with van der Waals surface area (Å²) in [5.74, 6) is -3.92. The summed E-state index contributed by atoms with van der Waals surface area (Å²) in [6, 6.07) is 1.73. The van der Waals surface area contributed by atoms with Crippen molar-refractivity contribution in [3.63, 3.8) is 0 Å². The van der Waals surface area contributed by atoms with Crippen molar-refractivity contribution < 1.29 is 33.2 Å². The van der Waals surface area contributed by atoms with Gasteiger partial charge in [0, 0.05) is 6.54 Å². The molecule has 4 rings (SSSR count). The average molecular weight is 411 g/mol. The number of aromatic nitrogens is 4. The first-order valence-corrected chi connectivity index (χ1v) is 8.58. The second-order valence-electron chi connectivity index (χ2n) is 6.50. The Kier molecular flexibility index (Phi) is 5.08. The van der Waals surface area contributed by atoms with Crippen molar-refractivity contribution in [3.8, 4) is 0 Å². The number of aliphatic hydroxyl groups excluding tert-OH is 3. The van der Waals surface area contributed by atoms with E-state index in [9.17, 15) is 28.5 Å². The maximum absolute atomic E-state index is 13.4. The van der Waals surface area contributed by atoms with Crippen molar-refractivity contribution in [1.29, 1.82) is 0 Å². The van der Waals surface area contributed by atoms with Crippen LogP contribution in [0.3, 0.4) is 0 Å². The van der Waals surface area contributed by atoms with E-state index < -0.39 is 48.6 Å². The van der Waals surface area contributed by atoms with Crippen molar-refractivity contribution in [2.45, 2.75) is 31.1 Å². The van der Waals surface area contributed by atoms with Crippen LogP contribution in [0.2, 0.25) is 0 Å². The number of ether oxygens (including phenoxy) is 1. The number of rotatable bonds is 5. The summed E-state index contributed by atoms with van der Waals surface area (Å²) in [4.78, 5) is 12.3. The van der Waals surface area contributed by atoms with Gasteiger partial charge in [0.15, 0.2) is 40.7 Å². The van der Waals surface area contributed by atoms with Gasteiger partial charge in [-0.25, -0.2) is 28.1 Å². The van der Waals surface area contributed by atoms with E-state index >= 15 is 0 Å². The van der Waals surface area contributed by atoms with Gasteiger partial charge in [-0.2, -0.15) is 0 Å². The van der Waals surface area contributed by atoms with Crippen LogP contribution in [0.1, 0.15) is 11.8 Å². The number of aliphatic hydroxyl groups is 3. The maximum Gasteiger partial charge on any atom is 0.194 e. The van der Waals surface area contributed by atoms with Crippen LogP contribution < -0.4 is 5.32 Å². The van der Waals surface area contributed by atoms with E-state index in [0.717, 1.165) is 12.1 Å². The van der Waals surface area contributed by atoms with Crippen LogP contribution in [0, 0.1) is 17.5 Å². The Labute approximate surface area is 161 Å². The summed E-state index contributed by atoms with van der Waals surface area (Å²) in [5, 5.41) is 32.2. The molecule has 0 aliphatic carbocycles. The SMILES string of the molecule is OC[C@H]1OC(n2cnc3c(NCc4cc(F)c(F)c(F)c4)ncnc32)[C@H](O)[C@@H]1O. The third kappa shape index (κ3) is 3.40. The minimum absolute atomic E-state index is 0.0685. The molecule has 1 aromatic carbocycles. The first-order valence-electron chi connectivity index (χ1n) is 8.58. The van der Waals surface area contributed by atoms with E-state index in [-0.39, 0.29) is 29.1 Å². The Morgan fingerprint density at radius 1 is 1.07 bits per heavy atom. The molecule has 0 bridgehead atoms. The number of nitrogens with one attached hydrogen (secondary N) is 1. The Morgan fingerprint density at radius 2 is 1.79 bits per heavy atom. The molecule has 154 valence electrons. The monoisotopic (exact) mass is 411 g/mol. The highest BCUT2D eigenvalue weighted by molar-refractivity contribution is 5.82. The number of anilines is 1. The highest BCUT2D eigenvalue weighted by Gasteiger charge is 2.44. The number of nitrogens with zero attached hydrogens (tertiary/aromatic N) is 4. The summed E-state index contributed by atoms with van der Waals surface area (Å²) >= 11 is 0. The first kappa shape index (κ1) is 19.5. The molecular formula is C17H16F3N5O4. The van der Waals surface area contributed by atoms with Crippen molar-refractivity contribution in [1.82, 2.24) is 19.5 Å². The number of hydrogen-bond donors (Lipinski definition) is 4. The van der Waals surface area contributed by atoms with Gasteiger partial charge in [-0.3, -0.25) is 4.57 Å². The van der Waals surface area contributed by atoms with Crippen molar-refractivity contribution in [2.24, 2.45) is 0 Å². The molecule has 1 saturated heterocycles. The summed E-state index contributed by atoms with van der Waals surface area (Å²) in [6.45, 7) is -0.547. The maximum atomic E-state index is 13.4. The lowest BCUT2D eigenvalue weighted by Crippen LogP contribution is -2.33. The lowest BCUT2D eigenvalue weighted by molar-refractivity contribution is -0.0511. The fourth-order valence-corrected chi connectivity index (χ4v) is 3.17. The number of imidazole rings is 1. The Hall–Kier alpha value is -2.80. The van der Waals surface area contributed by atoms with Crippen LogP contribution in [0.5, 0.6) is 0 Å². The summed E-state index contributed by atoms with van der Waals surface area (Å²) < 4.78 is 46.6. The molecule has 3 aromatic rings. The van der Waals surface area contributed by atoms with Gasteiger partial charge in [-0.15, -0.1) is 0 Å². The zero-order valence-electron chi connectivity index (χ0n) is 14.7. The molecule has 1 aliphatic rings.